The highest BCUT2D eigenvalue weighted by Crippen LogP contribution is 2.37. The summed E-state index contributed by atoms with van der Waals surface area (Å²) in [5.41, 5.74) is -0.213. The van der Waals surface area contributed by atoms with E-state index in [0.717, 1.165) is 0 Å². The fourth-order valence-corrected chi connectivity index (χ4v) is 3.38. The third kappa shape index (κ3) is 1.96. The lowest BCUT2D eigenvalue weighted by Gasteiger charge is -2.32. The Labute approximate surface area is 119 Å². The summed E-state index contributed by atoms with van der Waals surface area (Å²) in [5.74, 6) is 0.0973. The second kappa shape index (κ2) is 3.99. The van der Waals surface area contributed by atoms with Crippen molar-refractivity contribution in [2.75, 3.05) is 5.94 Å². The van der Waals surface area contributed by atoms with E-state index in [1.807, 2.05) is 27.7 Å². The Kier molecular flexibility index (Phi) is 2.78. The molecular weight excluding hydrogens is 279 g/mol. The van der Waals surface area contributed by atoms with Crippen LogP contribution in [0.4, 0.5) is 0 Å². The Hall–Kier alpha value is -1.05. The first-order valence-electron chi connectivity index (χ1n) is 6.48. The van der Waals surface area contributed by atoms with Gasteiger partial charge in [-0.05, 0) is 45.3 Å². The molecule has 0 aliphatic carbocycles. The Morgan fingerprint density at radius 1 is 1.10 bits per heavy atom. The maximum Gasteiger partial charge on any atom is 0.494 e. The molecule has 1 aromatic rings. The van der Waals surface area contributed by atoms with Crippen LogP contribution >= 0.6 is 0 Å². The van der Waals surface area contributed by atoms with E-state index >= 15 is 0 Å². The summed E-state index contributed by atoms with van der Waals surface area (Å²) in [6.07, 6.45) is 0. The molecular formula is C13H17BO5S. The summed E-state index contributed by atoms with van der Waals surface area (Å²) in [4.78, 5) is 0.213. The zero-order valence-corrected chi connectivity index (χ0v) is 12.8. The van der Waals surface area contributed by atoms with Crippen LogP contribution in [0.1, 0.15) is 27.7 Å². The Balaban J connectivity index is 1.99. The van der Waals surface area contributed by atoms with Crippen LogP contribution in [-0.2, 0) is 19.1 Å². The fraction of sp³-hybridized carbons (Fsp3) is 0.538. The molecule has 5 nitrogen and oxygen atoms in total. The van der Waals surface area contributed by atoms with Gasteiger partial charge in [0.25, 0.3) is 0 Å². The minimum atomic E-state index is -3.35. The van der Waals surface area contributed by atoms with Crippen molar-refractivity contribution in [2.24, 2.45) is 0 Å². The molecule has 2 aliphatic rings. The maximum absolute atomic E-state index is 11.9. The van der Waals surface area contributed by atoms with E-state index < -0.39 is 28.2 Å². The molecule has 2 aliphatic heterocycles. The maximum atomic E-state index is 11.9. The van der Waals surface area contributed by atoms with Crippen molar-refractivity contribution in [1.29, 1.82) is 0 Å². The van der Waals surface area contributed by atoms with E-state index in [9.17, 15) is 8.42 Å². The molecule has 7 heteroatoms. The minimum absolute atomic E-state index is 0.213. The summed E-state index contributed by atoms with van der Waals surface area (Å²) >= 11 is 0. The van der Waals surface area contributed by atoms with Crippen LogP contribution in [0.25, 0.3) is 0 Å². The SMILES string of the molecule is CC1(C)OB(c2ccc3c(c2)S(=O)(=O)CO3)OC1(C)C. The molecule has 0 spiro atoms. The monoisotopic (exact) mass is 296 g/mol. The average Bonchev–Trinajstić information content (AvgIpc) is 2.74. The molecule has 0 saturated carbocycles. The lowest BCUT2D eigenvalue weighted by atomic mass is 9.79. The van der Waals surface area contributed by atoms with Crippen LogP contribution in [-0.4, -0.2) is 32.7 Å². The molecule has 1 saturated heterocycles. The largest absolute Gasteiger partial charge is 0.494 e. The van der Waals surface area contributed by atoms with E-state index in [0.29, 0.717) is 11.2 Å². The predicted molar refractivity (Wildman–Crippen MR) is 74.8 cm³/mol. The van der Waals surface area contributed by atoms with Gasteiger partial charge >= 0.3 is 7.12 Å². The van der Waals surface area contributed by atoms with Gasteiger partial charge in [0.05, 0.1) is 11.2 Å². The molecule has 0 amide bonds. The van der Waals surface area contributed by atoms with Gasteiger partial charge in [0.2, 0.25) is 9.84 Å². The highest BCUT2D eigenvalue weighted by atomic mass is 32.2. The molecule has 0 N–H and O–H groups in total. The molecule has 108 valence electrons. The van der Waals surface area contributed by atoms with Crippen LogP contribution in [0.5, 0.6) is 5.75 Å². The smallest absolute Gasteiger partial charge is 0.476 e. The summed E-state index contributed by atoms with van der Waals surface area (Å²) < 4.78 is 40.7. The Bertz CT molecular complexity index is 649. The number of fused-ring (bicyclic) bond motifs is 1. The van der Waals surface area contributed by atoms with E-state index in [-0.39, 0.29) is 10.8 Å². The topological polar surface area (TPSA) is 61.8 Å². The normalized spacial score (nSPS) is 25.3. The van der Waals surface area contributed by atoms with E-state index in [2.05, 4.69) is 0 Å². The molecule has 0 radical (unpaired) electrons. The van der Waals surface area contributed by atoms with Crippen LogP contribution < -0.4 is 10.2 Å². The van der Waals surface area contributed by atoms with Crippen molar-refractivity contribution in [1.82, 2.24) is 0 Å². The van der Waals surface area contributed by atoms with Gasteiger partial charge in [-0.3, -0.25) is 0 Å². The average molecular weight is 296 g/mol. The molecule has 0 atom stereocenters. The van der Waals surface area contributed by atoms with Crippen LogP contribution in [0, 0.1) is 0 Å². The molecule has 3 rings (SSSR count). The lowest BCUT2D eigenvalue weighted by Crippen LogP contribution is -2.41. The van der Waals surface area contributed by atoms with Gasteiger partial charge in [0.15, 0.2) is 5.94 Å². The molecule has 1 aromatic carbocycles. The summed E-state index contributed by atoms with van der Waals surface area (Å²) in [7, 11) is -3.92. The van der Waals surface area contributed by atoms with Crippen molar-refractivity contribution in [3.8, 4) is 5.75 Å². The molecule has 0 aromatic heterocycles. The van der Waals surface area contributed by atoms with Gasteiger partial charge in [-0.15, -0.1) is 0 Å². The van der Waals surface area contributed by atoms with Gasteiger partial charge < -0.3 is 14.0 Å². The number of benzene rings is 1. The highest BCUT2D eigenvalue weighted by molar-refractivity contribution is 7.91. The van der Waals surface area contributed by atoms with Crippen molar-refractivity contribution in [2.45, 2.75) is 43.8 Å². The van der Waals surface area contributed by atoms with Gasteiger partial charge in [-0.1, -0.05) is 6.07 Å². The fourth-order valence-electron chi connectivity index (χ4n) is 2.22. The van der Waals surface area contributed by atoms with Crippen molar-refractivity contribution in [3.05, 3.63) is 18.2 Å². The molecule has 2 heterocycles. The lowest BCUT2D eigenvalue weighted by molar-refractivity contribution is 0.00578. The van der Waals surface area contributed by atoms with Crippen molar-refractivity contribution in [3.63, 3.8) is 0 Å². The third-order valence-corrected chi connectivity index (χ3v) is 5.62. The number of hydrogen-bond donors (Lipinski definition) is 0. The third-order valence-electron chi connectivity index (χ3n) is 4.20. The number of hydrogen-bond acceptors (Lipinski definition) is 5. The first kappa shape index (κ1) is 13.9. The molecule has 1 fully saturated rings. The van der Waals surface area contributed by atoms with Gasteiger partial charge in [-0.25, -0.2) is 8.42 Å². The zero-order valence-electron chi connectivity index (χ0n) is 12.0. The van der Waals surface area contributed by atoms with Crippen molar-refractivity contribution >= 4 is 22.4 Å². The van der Waals surface area contributed by atoms with Crippen LogP contribution in [0.2, 0.25) is 0 Å². The Morgan fingerprint density at radius 3 is 2.30 bits per heavy atom. The molecule has 20 heavy (non-hydrogen) atoms. The van der Waals surface area contributed by atoms with Gasteiger partial charge in [0, 0.05) is 0 Å². The minimum Gasteiger partial charge on any atom is -0.476 e. The second-order valence-electron chi connectivity index (χ2n) is 6.17. The summed E-state index contributed by atoms with van der Waals surface area (Å²) in [6, 6.07) is 5.02. The Morgan fingerprint density at radius 2 is 1.70 bits per heavy atom. The first-order chi connectivity index (χ1) is 9.12. The summed E-state index contributed by atoms with van der Waals surface area (Å²) in [5, 5.41) is 0. The highest BCUT2D eigenvalue weighted by Gasteiger charge is 2.52. The van der Waals surface area contributed by atoms with Crippen LogP contribution in [0.15, 0.2) is 23.1 Å². The first-order valence-corrected chi connectivity index (χ1v) is 8.13. The second-order valence-corrected chi connectivity index (χ2v) is 8.08. The molecule has 0 unspecified atom stereocenters. The van der Waals surface area contributed by atoms with Gasteiger partial charge in [-0.2, -0.15) is 0 Å². The standard InChI is InChI=1S/C13H17BO5S/c1-12(2)13(3,4)19-14(18-12)9-5-6-10-11(7-9)20(15,16)8-17-10/h5-7H,8H2,1-4H3. The van der Waals surface area contributed by atoms with E-state index in [4.69, 9.17) is 14.0 Å². The number of sulfone groups is 1. The van der Waals surface area contributed by atoms with E-state index in [1.54, 1.807) is 18.2 Å². The number of rotatable bonds is 1. The van der Waals surface area contributed by atoms with E-state index in [1.165, 1.54) is 0 Å². The van der Waals surface area contributed by atoms with Crippen LogP contribution in [0.3, 0.4) is 0 Å². The summed E-state index contributed by atoms with van der Waals surface area (Å²) in [6.45, 7) is 7.83. The van der Waals surface area contributed by atoms with Crippen molar-refractivity contribution < 1.29 is 22.5 Å². The molecule has 0 bridgehead atoms. The van der Waals surface area contributed by atoms with Gasteiger partial charge in [0.1, 0.15) is 10.6 Å². The predicted octanol–water partition coefficient (Wildman–Crippen LogP) is 1.11. The zero-order chi connectivity index (χ0) is 14.8. The quantitative estimate of drug-likeness (QED) is 0.726. The number of ether oxygens (including phenoxy) is 1.